The number of carbonyl (C=O) groups excluding carboxylic acids is 1. The van der Waals surface area contributed by atoms with Crippen molar-refractivity contribution in [3.8, 4) is 0 Å². The van der Waals surface area contributed by atoms with Gasteiger partial charge < -0.3 is 15.9 Å². The topological polar surface area (TPSA) is 82.2 Å². The molecule has 1 aliphatic rings. The molecule has 1 atom stereocenters. The molecule has 0 saturated carbocycles. The summed E-state index contributed by atoms with van der Waals surface area (Å²) in [6.07, 6.45) is 2.64. The third-order valence-electron chi connectivity index (χ3n) is 3.37. The molecular formula is C13H14N2O2. The molecule has 88 valence electrons. The molecule has 0 aliphatic heterocycles. The second kappa shape index (κ2) is 3.60. The van der Waals surface area contributed by atoms with Gasteiger partial charge in [-0.15, -0.1) is 0 Å². The number of carbonyl (C=O) groups is 1. The highest BCUT2D eigenvalue weighted by Crippen LogP contribution is 2.32. The first-order chi connectivity index (χ1) is 8.15. The Morgan fingerprint density at radius 3 is 3.00 bits per heavy atom. The van der Waals surface area contributed by atoms with Crippen molar-refractivity contribution in [2.45, 2.75) is 25.3 Å². The van der Waals surface area contributed by atoms with Crippen LogP contribution in [0.25, 0.3) is 11.0 Å². The Kier molecular flexibility index (Phi) is 2.19. The summed E-state index contributed by atoms with van der Waals surface area (Å²) in [7, 11) is 0. The summed E-state index contributed by atoms with van der Waals surface area (Å²) >= 11 is 0. The zero-order chi connectivity index (χ0) is 12.0. The van der Waals surface area contributed by atoms with Gasteiger partial charge >= 0.3 is 0 Å². The van der Waals surface area contributed by atoms with E-state index in [1.807, 2.05) is 0 Å². The normalized spacial score (nSPS) is 19.2. The van der Waals surface area contributed by atoms with E-state index in [1.54, 1.807) is 18.2 Å². The number of hydrogen-bond acceptors (Lipinski definition) is 3. The molecule has 1 heterocycles. The van der Waals surface area contributed by atoms with Crippen LogP contribution >= 0.6 is 0 Å². The lowest BCUT2D eigenvalue weighted by atomic mass is 9.92. The van der Waals surface area contributed by atoms with Crippen LogP contribution in [0.5, 0.6) is 0 Å². The number of aryl methyl sites for hydroxylation is 1. The van der Waals surface area contributed by atoms with Gasteiger partial charge in [-0.3, -0.25) is 4.79 Å². The summed E-state index contributed by atoms with van der Waals surface area (Å²) in [5.41, 5.74) is 13.7. The maximum absolute atomic E-state index is 11.2. The molecule has 4 heteroatoms. The maximum Gasteiger partial charge on any atom is 0.248 e. The summed E-state index contributed by atoms with van der Waals surface area (Å²) < 4.78 is 5.77. The molecule has 4 N–H and O–H groups in total. The number of amides is 1. The van der Waals surface area contributed by atoms with E-state index in [4.69, 9.17) is 15.9 Å². The minimum Gasteiger partial charge on any atom is -0.461 e. The summed E-state index contributed by atoms with van der Waals surface area (Å²) in [6.45, 7) is 0. The van der Waals surface area contributed by atoms with Crippen LogP contribution in [0.15, 0.2) is 22.6 Å². The SMILES string of the molecule is NC(=O)c1ccc2oc3c(c2c1)CC(N)CC3. The van der Waals surface area contributed by atoms with E-state index in [0.29, 0.717) is 5.56 Å². The van der Waals surface area contributed by atoms with Crippen molar-refractivity contribution in [1.82, 2.24) is 0 Å². The zero-order valence-electron chi connectivity index (χ0n) is 9.40. The fourth-order valence-electron chi connectivity index (χ4n) is 2.46. The number of rotatable bonds is 1. The molecule has 0 radical (unpaired) electrons. The average Bonchev–Trinajstić information content (AvgIpc) is 2.66. The van der Waals surface area contributed by atoms with E-state index >= 15 is 0 Å². The summed E-state index contributed by atoms with van der Waals surface area (Å²) in [6, 6.07) is 5.48. The van der Waals surface area contributed by atoms with Gasteiger partial charge in [-0.1, -0.05) is 0 Å². The molecule has 0 saturated heterocycles. The van der Waals surface area contributed by atoms with Gasteiger partial charge in [0.2, 0.25) is 5.91 Å². The van der Waals surface area contributed by atoms with Crippen LogP contribution in [0, 0.1) is 0 Å². The predicted molar refractivity (Wildman–Crippen MR) is 64.7 cm³/mol. The Morgan fingerprint density at radius 2 is 2.24 bits per heavy atom. The summed E-state index contributed by atoms with van der Waals surface area (Å²) in [4.78, 5) is 11.2. The van der Waals surface area contributed by atoms with Crippen LogP contribution < -0.4 is 11.5 Å². The average molecular weight is 230 g/mol. The molecule has 1 aromatic carbocycles. The standard InChI is InChI=1S/C13H14N2O2/c14-8-2-4-12-10(6-8)9-5-7(13(15)16)1-3-11(9)17-12/h1,3,5,8H,2,4,6,14H2,(H2,15,16). The van der Waals surface area contributed by atoms with E-state index in [9.17, 15) is 4.79 Å². The van der Waals surface area contributed by atoms with Crippen LogP contribution in [0.2, 0.25) is 0 Å². The molecule has 2 aromatic rings. The number of primary amides is 1. The van der Waals surface area contributed by atoms with Crippen molar-refractivity contribution >= 4 is 16.9 Å². The van der Waals surface area contributed by atoms with Crippen LogP contribution in [0.4, 0.5) is 0 Å². The smallest absolute Gasteiger partial charge is 0.248 e. The van der Waals surface area contributed by atoms with Crippen molar-refractivity contribution in [1.29, 1.82) is 0 Å². The number of furan rings is 1. The summed E-state index contributed by atoms with van der Waals surface area (Å²) in [5, 5.41) is 0.978. The molecular weight excluding hydrogens is 216 g/mol. The molecule has 1 aliphatic carbocycles. The van der Waals surface area contributed by atoms with Crippen LogP contribution in [0.1, 0.15) is 28.1 Å². The molecule has 1 aromatic heterocycles. The Labute approximate surface area is 98.6 Å². The van der Waals surface area contributed by atoms with Crippen LogP contribution in [0.3, 0.4) is 0 Å². The largest absolute Gasteiger partial charge is 0.461 e. The molecule has 1 unspecified atom stereocenters. The Balaban J connectivity index is 2.21. The van der Waals surface area contributed by atoms with Crippen molar-refractivity contribution in [2.75, 3.05) is 0 Å². The van der Waals surface area contributed by atoms with Crippen LogP contribution in [-0.4, -0.2) is 11.9 Å². The third-order valence-corrected chi connectivity index (χ3v) is 3.37. The highest BCUT2D eigenvalue weighted by molar-refractivity contribution is 5.97. The van der Waals surface area contributed by atoms with E-state index < -0.39 is 5.91 Å². The summed E-state index contributed by atoms with van der Waals surface area (Å²) in [5.74, 6) is 0.588. The molecule has 4 nitrogen and oxygen atoms in total. The number of fused-ring (bicyclic) bond motifs is 3. The quantitative estimate of drug-likeness (QED) is 0.775. The minimum absolute atomic E-state index is 0.181. The van der Waals surface area contributed by atoms with E-state index in [1.165, 1.54) is 0 Å². The van der Waals surface area contributed by atoms with E-state index in [2.05, 4.69) is 0 Å². The highest BCUT2D eigenvalue weighted by atomic mass is 16.3. The van der Waals surface area contributed by atoms with Crippen molar-refractivity contribution in [3.05, 3.63) is 35.1 Å². The van der Waals surface area contributed by atoms with Gasteiger partial charge in [-0.25, -0.2) is 0 Å². The zero-order valence-corrected chi connectivity index (χ0v) is 9.40. The van der Waals surface area contributed by atoms with Gasteiger partial charge in [-0.05, 0) is 31.0 Å². The number of nitrogens with two attached hydrogens (primary N) is 2. The first-order valence-electron chi connectivity index (χ1n) is 5.75. The van der Waals surface area contributed by atoms with Crippen molar-refractivity contribution < 1.29 is 9.21 Å². The molecule has 0 spiro atoms. The fourth-order valence-corrected chi connectivity index (χ4v) is 2.46. The Hall–Kier alpha value is -1.81. The van der Waals surface area contributed by atoms with Crippen LogP contribution in [-0.2, 0) is 12.8 Å². The van der Waals surface area contributed by atoms with Gasteiger partial charge in [0.05, 0.1) is 0 Å². The first kappa shape index (κ1) is 10.4. The van der Waals surface area contributed by atoms with Gasteiger partial charge in [-0.2, -0.15) is 0 Å². The van der Waals surface area contributed by atoms with Gasteiger partial charge in [0.15, 0.2) is 0 Å². The highest BCUT2D eigenvalue weighted by Gasteiger charge is 2.22. The second-order valence-corrected chi connectivity index (χ2v) is 4.58. The van der Waals surface area contributed by atoms with Crippen molar-refractivity contribution in [3.63, 3.8) is 0 Å². The monoisotopic (exact) mass is 230 g/mol. The molecule has 0 fully saturated rings. The lowest BCUT2D eigenvalue weighted by Gasteiger charge is -2.16. The Bertz CT molecular complexity index is 601. The second-order valence-electron chi connectivity index (χ2n) is 4.58. The fraction of sp³-hybridized carbons (Fsp3) is 0.308. The van der Waals surface area contributed by atoms with Gasteiger partial charge in [0, 0.05) is 29.0 Å². The Morgan fingerprint density at radius 1 is 1.41 bits per heavy atom. The maximum atomic E-state index is 11.2. The van der Waals surface area contributed by atoms with E-state index in [-0.39, 0.29) is 6.04 Å². The predicted octanol–water partition coefficient (Wildman–Crippen LogP) is 1.35. The lowest BCUT2D eigenvalue weighted by Crippen LogP contribution is -2.27. The minimum atomic E-state index is -0.415. The molecule has 17 heavy (non-hydrogen) atoms. The molecule has 1 amide bonds. The lowest BCUT2D eigenvalue weighted by molar-refractivity contribution is 0.100. The van der Waals surface area contributed by atoms with E-state index in [0.717, 1.165) is 41.6 Å². The third kappa shape index (κ3) is 1.61. The number of benzene rings is 1. The molecule has 0 bridgehead atoms. The first-order valence-corrected chi connectivity index (χ1v) is 5.75. The van der Waals surface area contributed by atoms with Gasteiger partial charge in [0.25, 0.3) is 0 Å². The molecule has 3 rings (SSSR count). The van der Waals surface area contributed by atoms with Crippen molar-refractivity contribution in [2.24, 2.45) is 11.5 Å². The van der Waals surface area contributed by atoms with Gasteiger partial charge in [0.1, 0.15) is 11.3 Å². The number of hydrogen-bond donors (Lipinski definition) is 2.